The molecule has 6 heteroatoms. The molecule has 1 aromatic carbocycles. The van der Waals surface area contributed by atoms with Gasteiger partial charge in [0.05, 0.1) is 22.4 Å². The van der Waals surface area contributed by atoms with Crippen LogP contribution in [0.15, 0.2) is 28.9 Å². The molecule has 1 atom stereocenters. The SMILES string of the molecule is CCCNC(c1ccc(Br)c(F)c1)c1cnnn1CCC. The highest BCUT2D eigenvalue weighted by Gasteiger charge is 2.19. The molecule has 1 unspecified atom stereocenters. The Kier molecular flexibility index (Phi) is 5.87. The summed E-state index contributed by atoms with van der Waals surface area (Å²) in [6, 6.07) is 5.11. The molecule has 0 aliphatic heterocycles. The van der Waals surface area contributed by atoms with E-state index in [1.807, 2.05) is 10.7 Å². The Morgan fingerprint density at radius 2 is 2.14 bits per heavy atom. The molecule has 4 nitrogen and oxygen atoms in total. The molecule has 114 valence electrons. The second-order valence-electron chi connectivity index (χ2n) is 4.94. The van der Waals surface area contributed by atoms with Gasteiger partial charge in [0.25, 0.3) is 0 Å². The average Bonchev–Trinajstić information content (AvgIpc) is 2.92. The third-order valence-electron chi connectivity index (χ3n) is 3.25. The largest absolute Gasteiger partial charge is 0.305 e. The number of nitrogens with one attached hydrogen (secondary N) is 1. The molecule has 0 radical (unpaired) electrons. The quantitative estimate of drug-likeness (QED) is 0.824. The van der Waals surface area contributed by atoms with Crippen molar-refractivity contribution in [1.29, 1.82) is 0 Å². The summed E-state index contributed by atoms with van der Waals surface area (Å²) in [4.78, 5) is 0. The fraction of sp³-hybridized carbons (Fsp3) is 0.467. The molecule has 21 heavy (non-hydrogen) atoms. The molecule has 0 aliphatic carbocycles. The zero-order chi connectivity index (χ0) is 15.2. The van der Waals surface area contributed by atoms with Gasteiger partial charge in [0.15, 0.2) is 0 Å². The van der Waals surface area contributed by atoms with E-state index in [1.54, 1.807) is 18.3 Å². The minimum absolute atomic E-state index is 0.103. The van der Waals surface area contributed by atoms with E-state index in [1.165, 1.54) is 0 Å². The lowest BCUT2D eigenvalue weighted by Gasteiger charge is -2.20. The van der Waals surface area contributed by atoms with Gasteiger partial charge in [0, 0.05) is 6.54 Å². The Labute approximate surface area is 132 Å². The van der Waals surface area contributed by atoms with Crippen molar-refractivity contribution in [3.05, 3.63) is 45.9 Å². The van der Waals surface area contributed by atoms with E-state index in [9.17, 15) is 4.39 Å². The van der Waals surface area contributed by atoms with Gasteiger partial charge in [-0.2, -0.15) is 0 Å². The molecular formula is C15H20BrFN4. The zero-order valence-electron chi connectivity index (χ0n) is 12.3. The van der Waals surface area contributed by atoms with Gasteiger partial charge in [-0.1, -0.05) is 25.1 Å². The minimum Gasteiger partial charge on any atom is -0.305 e. The van der Waals surface area contributed by atoms with Crippen molar-refractivity contribution < 1.29 is 4.39 Å². The minimum atomic E-state index is -0.259. The highest BCUT2D eigenvalue weighted by atomic mass is 79.9. The highest BCUT2D eigenvalue weighted by molar-refractivity contribution is 9.10. The standard InChI is InChI=1S/C15H20BrFN4/c1-3-7-18-15(11-5-6-12(16)13(17)9-11)14-10-19-20-21(14)8-4-2/h5-6,9-10,15,18H,3-4,7-8H2,1-2H3. The lowest BCUT2D eigenvalue weighted by Crippen LogP contribution is -2.26. The smallest absolute Gasteiger partial charge is 0.137 e. The Morgan fingerprint density at radius 1 is 1.33 bits per heavy atom. The fourth-order valence-corrected chi connectivity index (χ4v) is 2.50. The second-order valence-corrected chi connectivity index (χ2v) is 5.80. The number of nitrogens with zero attached hydrogens (tertiary/aromatic N) is 3. The van der Waals surface area contributed by atoms with Crippen LogP contribution in [0.5, 0.6) is 0 Å². The van der Waals surface area contributed by atoms with E-state index in [-0.39, 0.29) is 11.9 Å². The van der Waals surface area contributed by atoms with Gasteiger partial charge in [0.2, 0.25) is 0 Å². The normalized spacial score (nSPS) is 12.6. The van der Waals surface area contributed by atoms with Crippen LogP contribution in [0.1, 0.15) is 44.0 Å². The second kappa shape index (κ2) is 7.66. The molecule has 2 aromatic rings. The van der Waals surface area contributed by atoms with E-state index in [2.05, 4.69) is 45.4 Å². The molecule has 0 aliphatic rings. The first-order valence-corrected chi connectivity index (χ1v) is 8.03. The Bertz CT molecular complexity index is 585. The predicted octanol–water partition coefficient (Wildman–Crippen LogP) is 3.68. The number of halogens is 2. The first kappa shape index (κ1) is 16.1. The van der Waals surface area contributed by atoms with Gasteiger partial charge in [0.1, 0.15) is 5.82 Å². The summed E-state index contributed by atoms with van der Waals surface area (Å²) in [5.41, 5.74) is 1.84. The molecule has 0 spiro atoms. The van der Waals surface area contributed by atoms with Crippen molar-refractivity contribution in [1.82, 2.24) is 20.3 Å². The van der Waals surface area contributed by atoms with Gasteiger partial charge in [-0.05, 0) is 53.0 Å². The van der Waals surface area contributed by atoms with E-state index >= 15 is 0 Å². The van der Waals surface area contributed by atoms with Crippen LogP contribution in [0.25, 0.3) is 0 Å². The van der Waals surface area contributed by atoms with Crippen LogP contribution in [0, 0.1) is 5.82 Å². The van der Waals surface area contributed by atoms with E-state index in [4.69, 9.17) is 0 Å². The summed E-state index contributed by atoms with van der Waals surface area (Å²) in [6.45, 7) is 5.85. The number of hydrogen-bond acceptors (Lipinski definition) is 3. The lowest BCUT2D eigenvalue weighted by molar-refractivity contribution is 0.502. The molecule has 0 fully saturated rings. The number of hydrogen-bond donors (Lipinski definition) is 1. The molecular weight excluding hydrogens is 335 g/mol. The van der Waals surface area contributed by atoms with Crippen LogP contribution in [0.3, 0.4) is 0 Å². The van der Waals surface area contributed by atoms with Crippen molar-refractivity contribution in [2.75, 3.05) is 6.54 Å². The maximum atomic E-state index is 13.8. The molecule has 2 rings (SSSR count). The van der Waals surface area contributed by atoms with Crippen molar-refractivity contribution in [2.45, 2.75) is 39.3 Å². The summed E-state index contributed by atoms with van der Waals surface area (Å²) < 4.78 is 16.2. The molecule has 0 saturated carbocycles. The molecule has 0 amide bonds. The highest BCUT2D eigenvalue weighted by Crippen LogP contribution is 2.25. The molecule has 0 saturated heterocycles. The average molecular weight is 355 g/mol. The zero-order valence-corrected chi connectivity index (χ0v) is 13.9. The molecule has 1 heterocycles. The fourth-order valence-electron chi connectivity index (χ4n) is 2.25. The summed E-state index contributed by atoms with van der Waals surface area (Å²) in [7, 11) is 0. The van der Waals surface area contributed by atoms with E-state index in [0.717, 1.165) is 37.2 Å². The van der Waals surface area contributed by atoms with Gasteiger partial charge >= 0.3 is 0 Å². The summed E-state index contributed by atoms with van der Waals surface area (Å²) in [5, 5.41) is 11.6. The summed E-state index contributed by atoms with van der Waals surface area (Å²) in [6.07, 6.45) is 3.74. The topological polar surface area (TPSA) is 42.7 Å². The van der Waals surface area contributed by atoms with E-state index < -0.39 is 0 Å². The third kappa shape index (κ3) is 3.89. The maximum absolute atomic E-state index is 13.8. The Hall–Kier alpha value is -1.27. The Balaban J connectivity index is 2.37. The number of aromatic nitrogens is 3. The summed E-state index contributed by atoms with van der Waals surface area (Å²) in [5.74, 6) is -0.259. The maximum Gasteiger partial charge on any atom is 0.137 e. The van der Waals surface area contributed by atoms with Crippen LogP contribution in [-0.4, -0.2) is 21.5 Å². The first-order chi connectivity index (χ1) is 10.2. The number of benzene rings is 1. The van der Waals surface area contributed by atoms with Gasteiger partial charge in [-0.15, -0.1) is 5.10 Å². The lowest BCUT2D eigenvalue weighted by atomic mass is 10.0. The monoisotopic (exact) mass is 354 g/mol. The van der Waals surface area contributed by atoms with Crippen molar-refractivity contribution in [3.8, 4) is 0 Å². The predicted molar refractivity (Wildman–Crippen MR) is 84.5 cm³/mol. The number of rotatable bonds is 7. The van der Waals surface area contributed by atoms with Crippen molar-refractivity contribution in [2.24, 2.45) is 0 Å². The van der Waals surface area contributed by atoms with Crippen molar-refractivity contribution in [3.63, 3.8) is 0 Å². The van der Waals surface area contributed by atoms with Crippen LogP contribution < -0.4 is 5.32 Å². The molecule has 1 N–H and O–H groups in total. The number of aryl methyl sites for hydroxylation is 1. The molecule has 1 aromatic heterocycles. The van der Waals surface area contributed by atoms with Crippen LogP contribution in [-0.2, 0) is 6.54 Å². The molecule has 0 bridgehead atoms. The third-order valence-corrected chi connectivity index (χ3v) is 3.90. The van der Waals surface area contributed by atoms with Gasteiger partial charge in [-0.3, -0.25) is 0 Å². The van der Waals surface area contributed by atoms with Crippen LogP contribution >= 0.6 is 15.9 Å². The van der Waals surface area contributed by atoms with Gasteiger partial charge < -0.3 is 5.32 Å². The first-order valence-electron chi connectivity index (χ1n) is 7.24. The van der Waals surface area contributed by atoms with Crippen LogP contribution in [0.4, 0.5) is 4.39 Å². The Morgan fingerprint density at radius 3 is 2.81 bits per heavy atom. The van der Waals surface area contributed by atoms with Crippen molar-refractivity contribution >= 4 is 15.9 Å². The van der Waals surface area contributed by atoms with Gasteiger partial charge in [-0.25, -0.2) is 9.07 Å². The summed E-state index contributed by atoms with van der Waals surface area (Å²) >= 11 is 3.19. The van der Waals surface area contributed by atoms with E-state index in [0.29, 0.717) is 4.47 Å². The van der Waals surface area contributed by atoms with Crippen LogP contribution in [0.2, 0.25) is 0 Å².